The van der Waals surface area contributed by atoms with Crippen molar-refractivity contribution in [1.82, 2.24) is 10.2 Å². The van der Waals surface area contributed by atoms with Gasteiger partial charge >= 0.3 is 6.09 Å². The Morgan fingerprint density at radius 3 is 2.86 bits per heavy atom. The van der Waals surface area contributed by atoms with E-state index in [0.717, 1.165) is 26.1 Å². The van der Waals surface area contributed by atoms with Crippen LogP contribution in [0.25, 0.3) is 0 Å². The highest BCUT2D eigenvalue weighted by molar-refractivity contribution is 5.67. The molecule has 14 heavy (non-hydrogen) atoms. The van der Waals surface area contributed by atoms with Crippen molar-refractivity contribution in [2.45, 2.75) is 39.3 Å². The summed E-state index contributed by atoms with van der Waals surface area (Å²) >= 11 is 0. The number of hydrogen-bond donors (Lipinski definition) is 1. The van der Waals surface area contributed by atoms with Crippen LogP contribution in [0.1, 0.15) is 27.2 Å². The maximum Gasteiger partial charge on any atom is 0.407 e. The molecule has 4 nitrogen and oxygen atoms in total. The Morgan fingerprint density at radius 1 is 1.64 bits per heavy atom. The Balaban J connectivity index is 2.22. The third-order valence-corrected chi connectivity index (χ3v) is 2.38. The van der Waals surface area contributed by atoms with E-state index in [1.807, 2.05) is 13.8 Å². The molecule has 1 atom stereocenters. The molecule has 1 N–H and O–H groups in total. The molecule has 1 fully saturated rings. The second-order valence-corrected chi connectivity index (χ2v) is 3.98. The first-order valence-corrected chi connectivity index (χ1v) is 5.31. The summed E-state index contributed by atoms with van der Waals surface area (Å²) in [5.41, 5.74) is 0. The van der Waals surface area contributed by atoms with Crippen LogP contribution in [-0.2, 0) is 4.74 Å². The largest absolute Gasteiger partial charge is 0.447 e. The molecule has 4 heteroatoms. The summed E-state index contributed by atoms with van der Waals surface area (Å²) in [6.07, 6.45) is 0.697. The lowest BCUT2D eigenvalue weighted by molar-refractivity contribution is 0.112. The van der Waals surface area contributed by atoms with Crippen molar-refractivity contribution in [2.75, 3.05) is 19.6 Å². The molecule has 0 aromatic heterocycles. The summed E-state index contributed by atoms with van der Waals surface area (Å²) in [6, 6.07) is 0.265. The van der Waals surface area contributed by atoms with Crippen LogP contribution in [0, 0.1) is 0 Å². The Labute approximate surface area is 85.6 Å². The molecule has 1 rings (SSSR count). The van der Waals surface area contributed by atoms with E-state index < -0.39 is 0 Å². The van der Waals surface area contributed by atoms with Crippen LogP contribution in [0.15, 0.2) is 0 Å². The predicted molar refractivity (Wildman–Crippen MR) is 55.3 cm³/mol. The number of carbonyl (C=O) groups is 1. The number of rotatable bonds is 3. The first-order chi connectivity index (χ1) is 6.61. The number of hydrogen-bond acceptors (Lipinski definition) is 3. The van der Waals surface area contributed by atoms with Gasteiger partial charge in [-0.25, -0.2) is 4.79 Å². The molecule has 0 bridgehead atoms. The van der Waals surface area contributed by atoms with Gasteiger partial charge in [-0.15, -0.1) is 0 Å². The van der Waals surface area contributed by atoms with Gasteiger partial charge in [-0.3, -0.25) is 0 Å². The van der Waals surface area contributed by atoms with Gasteiger partial charge in [0.2, 0.25) is 0 Å². The second-order valence-electron chi connectivity index (χ2n) is 3.98. The molecular formula is C10H20N2O2. The zero-order valence-electron chi connectivity index (χ0n) is 9.25. The minimum absolute atomic E-state index is 0.0429. The molecule has 0 aromatic carbocycles. The van der Waals surface area contributed by atoms with Crippen molar-refractivity contribution in [3.8, 4) is 0 Å². The van der Waals surface area contributed by atoms with Crippen LogP contribution in [0.2, 0.25) is 0 Å². The highest BCUT2D eigenvalue weighted by Gasteiger charge is 2.23. The lowest BCUT2D eigenvalue weighted by Gasteiger charge is -2.15. The molecule has 0 aliphatic carbocycles. The smallest absolute Gasteiger partial charge is 0.407 e. The summed E-state index contributed by atoms with van der Waals surface area (Å²) in [5, 5.41) is 2.87. The van der Waals surface area contributed by atoms with Crippen molar-refractivity contribution in [3.05, 3.63) is 0 Å². The Hall–Kier alpha value is -0.770. The Kier molecular flexibility index (Phi) is 4.20. The van der Waals surface area contributed by atoms with E-state index in [2.05, 4.69) is 17.1 Å². The van der Waals surface area contributed by atoms with Gasteiger partial charge in [-0.2, -0.15) is 0 Å². The second kappa shape index (κ2) is 5.20. The van der Waals surface area contributed by atoms with Crippen molar-refractivity contribution < 1.29 is 9.53 Å². The molecule has 1 aliphatic heterocycles. The number of likely N-dealkylation sites (N-methyl/N-ethyl adjacent to an activating group) is 1. The van der Waals surface area contributed by atoms with Crippen molar-refractivity contribution in [1.29, 1.82) is 0 Å². The molecule has 0 radical (unpaired) electrons. The van der Waals surface area contributed by atoms with Gasteiger partial charge in [0.15, 0.2) is 0 Å². The number of amides is 1. The molecule has 1 saturated heterocycles. The molecule has 1 amide bonds. The van der Waals surface area contributed by atoms with Gasteiger partial charge in [0.1, 0.15) is 0 Å². The fourth-order valence-corrected chi connectivity index (χ4v) is 1.65. The molecule has 0 aromatic rings. The highest BCUT2D eigenvalue weighted by Crippen LogP contribution is 2.08. The summed E-state index contributed by atoms with van der Waals surface area (Å²) in [4.78, 5) is 13.6. The van der Waals surface area contributed by atoms with Crippen molar-refractivity contribution >= 4 is 6.09 Å². The number of carbonyl (C=O) groups excluding carboxylic acids is 1. The third kappa shape index (κ3) is 3.54. The first kappa shape index (κ1) is 11.3. The fourth-order valence-electron chi connectivity index (χ4n) is 1.65. The summed E-state index contributed by atoms with van der Waals surface area (Å²) in [5.74, 6) is 0. The molecule has 0 saturated carbocycles. The topological polar surface area (TPSA) is 41.6 Å². The zero-order chi connectivity index (χ0) is 10.6. The van der Waals surface area contributed by atoms with E-state index in [4.69, 9.17) is 4.74 Å². The van der Waals surface area contributed by atoms with Gasteiger partial charge < -0.3 is 15.0 Å². The highest BCUT2D eigenvalue weighted by atomic mass is 16.6. The van der Waals surface area contributed by atoms with E-state index in [-0.39, 0.29) is 18.2 Å². The first-order valence-electron chi connectivity index (χ1n) is 5.31. The van der Waals surface area contributed by atoms with Crippen LogP contribution < -0.4 is 5.32 Å². The van der Waals surface area contributed by atoms with E-state index in [9.17, 15) is 4.79 Å². The van der Waals surface area contributed by atoms with E-state index in [0.29, 0.717) is 0 Å². The van der Waals surface area contributed by atoms with Crippen LogP contribution in [0.5, 0.6) is 0 Å². The minimum atomic E-state index is -0.289. The van der Waals surface area contributed by atoms with E-state index >= 15 is 0 Å². The van der Waals surface area contributed by atoms with Crippen molar-refractivity contribution in [3.63, 3.8) is 0 Å². The molecule has 1 aliphatic rings. The predicted octanol–water partition coefficient (Wildman–Crippen LogP) is 1.22. The molecular weight excluding hydrogens is 180 g/mol. The maximum atomic E-state index is 11.3. The zero-order valence-corrected chi connectivity index (χ0v) is 9.25. The van der Waals surface area contributed by atoms with E-state index in [1.54, 1.807) is 0 Å². The van der Waals surface area contributed by atoms with Gasteiger partial charge in [0.25, 0.3) is 0 Å². The summed E-state index contributed by atoms with van der Waals surface area (Å²) in [6.45, 7) is 8.91. The fraction of sp³-hybridized carbons (Fsp3) is 0.900. The van der Waals surface area contributed by atoms with Gasteiger partial charge in [0, 0.05) is 19.1 Å². The van der Waals surface area contributed by atoms with Gasteiger partial charge in [0.05, 0.1) is 6.10 Å². The molecule has 82 valence electrons. The monoisotopic (exact) mass is 200 g/mol. The van der Waals surface area contributed by atoms with Crippen LogP contribution in [-0.4, -0.2) is 42.8 Å². The average molecular weight is 200 g/mol. The maximum absolute atomic E-state index is 11.3. The third-order valence-electron chi connectivity index (χ3n) is 2.38. The molecule has 1 unspecified atom stereocenters. The van der Waals surface area contributed by atoms with Crippen LogP contribution in [0.3, 0.4) is 0 Å². The number of ether oxygens (including phenoxy) is 1. The lowest BCUT2D eigenvalue weighted by atomic mass is 10.3. The van der Waals surface area contributed by atoms with Crippen molar-refractivity contribution in [2.24, 2.45) is 0 Å². The standard InChI is InChI=1S/C10H20N2O2/c1-4-12-6-5-9(7-12)11-10(13)14-8(2)3/h8-9H,4-7H2,1-3H3,(H,11,13). The van der Waals surface area contributed by atoms with E-state index in [1.165, 1.54) is 0 Å². The lowest BCUT2D eigenvalue weighted by Crippen LogP contribution is -2.38. The average Bonchev–Trinajstić information content (AvgIpc) is 2.50. The van der Waals surface area contributed by atoms with Crippen LogP contribution in [0.4, 0.5) is 4.79 Å². The Morgan fingerprint density at radius 2 is 2.36 bits per heavy atom. The summed E-state index contributed by atoms with van der Waals surface area (Å²) in [7, 11) is 0. The number of nitrogens with zero attached hydrogens (tertiary/aromatic N) is 1. The van der Waals surface area contributed by atoms with Gasteiger partial charge in [-0.05, 0) is 26.8 Å². The van der Waals surface area contributed by atoms with Gasteiger partial charge in [-0.1, -0.05) is 6.92 Å². The molecule has 1 heterocycles. The minimum Gasteiger partial charge on any atom is -0.447 e. The SMILES string of the molecule is CCN1CCC(NC(=O)OC(C)C)C1. The molecule has 0 spiro atoms. The quantitative estimate of drug-likeness (QED) is 0.744. The summed E-state index contributed by atoms with van der Waals surface area (Å²) < 4.78 is 5.01. The number of likely N-dealkylation sites (tertiary alicyclic amines) is 1. The normalized spacial score (nSPS) is 22.7. The number of nitrogens with one attached hydrogen (secondary N) is 1. The Bertz CT molecular complexity index is 195. The van der Waals surface area contributed by atoms with Crippen LogP contribution >= 0.6 is 0 Å². The number of alkyl carbamates (subject to hydrolysis) is 1.